The van der Waals surface area contributed by atoms with Gasteiger partial charge in [0.15, 0.2) is 11.5 Å². The smallest absolute Gasteiger partial charge is 0.227 e. The molecule has 0 bridgehead atoms. The van der Waals surface area contributed by atoms with E-state index in [1.807, 2.05) is 18.7 Å². The summed E-state index contributed by atoms with van der Waals surface area (Å²) < 4.78 is 1.84. The molecule has 0 spiro atoms. The highest BCUT2D eigenvalue weighted by atomic mass is 15.2. The van der Waals surface area contributed by atoms with Gasteiger partial charge in [-0.25, -0.2) is 4.98 Å². The minimum absolute atomic E-state index is 0.647. The number of imidazole rings is 1. The predicted molar refractivity (Wildman–Crippen MR) is 53.9 cm³/mol. The zero-order valence-electron chi connectivity index (χ0n) is 8.37. The van der Waals surface area contributed by atoms with Crippen molar-refractivity contribution in [3.05, 3.63) is 11.9 Å². The van der Waals surface area contributed by atoms with Crippen LogP contribution in [0.2, 0.25) is 0 Å². The number of nitrogens with one attached hydrogen (secondary N) is 2. The summed E-state index contributed by atoms with van der Waals surface area (Å²) >= 11 is 0. The lowest BCUT2D eigenvalue weighted by molar-refractivity contribution is 0.804. The molecule has 2 rings (SSSR count). The monoisotopic (exact) mass is 192 g/mol. The molecule has 0 saturated carbocycles. The Kier molecular flexibility index (Phi) is 1.95. The van der Waals surface area contributed by atoms with Crippen molar-refractivity contribution in [2.24, 2.45) is 12.0 Å². The molecule has 2 aromatic heterocycles. The van der Waals surface area contributed by atoms with Gasteiger partial charge in [0.05, 0.1) is 6.33 Å². The third-order valence-electron chi connectivity index (χ3n) is 2.12. The van der Waals surface area contributed by atoms with Crippen molar-refractivity contribution in [1.82, 2.24) is 19.5 Å². The zero-order valence-corrected chi connectivity index (χ0v) is 8.37. The Hall–Kier alpha value is -1.85. The number of aromatic nitrogens is 4. The van der Waals surface area contributed by atoms with Crippen LogP contribution in [0.25, 0.3) is 11.2 Å². The molecule has 0 fully saturated rings. The molecule has 0 saturated heterocycles. The number of aryl methyl sites for hydroxylation is 1. The first-order chi connectivity index (χ1) is 6.77. The van der Waals surface area contributed by atoms with E-state index in [1.54, 1.807) is 13.4 Å². The third-order valence-corrected chi connectivity index (χ3v) is 2.12. The van der Waals surface area contributed by atoms with E-state index in [0.29, 0.717) is 5.62 Å². The number of hydrogen-bond acceptors (Lipinski definition) is 4. The second-order valence-corrected chi connectivity index (χ2v) is 2.89. The molecule has 0 aliphatic rings. The summed E-state index contributed by atoms with van der Waals surface area (Å²) in [5, 5.41) is 3.00. The maximum absolute atomic E-state index is 4.32. The minimum atomic E-state index is 0.647. The highest BCUT2D eigenvalue weighted by Crippen LogP contribution is 2.12. The van der Waals surface area contributed by atoms with Crippen molar-refractivity contribution in [3.63, 3.8) is 0 Å². The molecule has 2 N–H and O–H groups in total. The molecule has 6 nitrogen and oxygen atoms in total. The Morgan fingerprint density at radius 3 is 3.00 bits per heavy atom. The van der Waals surface area contributed by atoms with E-state index >= 15 is 0 Å². The summed E-state index contributed by atoms with van der Waals surface area (Å²) in [6, 6.07) is 0. The summed E-state index contributed by atoms with van der Waals surface area (Å²) in [5.41, 5.74) is 2.38. The summed E-state index contributed by atoms with van der Waals surface area (Å²) in [5.74, 6) is 0.760. The van der Waals surface area contributed by atoms with Crippen LogP contribution in [-0.4, -0.2) is 33.6 Å². The highest BCUT2D eigenvalue weighted by molar-refractivity contribution is 5.82. The summed E-state index contributed by atoms with van der Waals surface area (Å²) in [6.45, 7) is 0. The standard InChI is InChI=1S/C8H12N6/c1-9-6-5-7(12-4-11-5)14(3)8(10-2)13-6/h4H,1-3H3,(H,11,12)(H,9,10,13). The molecule has 14 heavy (non-hydrogen) atoms. The van der Waals surface area contributed by atoms with Crippen molar-refractivity contribution in [2.45, 2.75) is 0 Å². The molecule has 6 heteroatoms. The van der Waals surface area contributed by atoms with Gasteiger partial charge in [0.2, 0.25) is 5.62 Å². The number of fused-ring (bicyclic) bond motifs is 1. The van der Waals surface area contributed by atoms with E-state index in [0.717, 1.165) is 17.0 Å². The first kappa shape index (κ1) is 8.74. The van der Waals surface area contributed by atoms with E-state index in [4.69, 9.17) is 0 Å². The molecule has 2 aromatic rings. The van der Waals surface area contributed by atoms with Gasteiger partial charge in [-0.1, -0.05) is 0 Å². The van der Waals surface area contributed by atoms with E-state index in [9.17, 15) is 0 Å². The van der Waals surface area contributed by atoms with Crippen molar-refractivity contribution >= 4 is 17.0 Å². The van der Waals surface area contributed by atoms with Crippen LogP contribution in [0.4, 0.5) is 5.82 Å². The van der Waals surface area contributed by atoms with Crippen LogP contribution in [0.3, 0.4) is 0 Å². The van der Waals surface area contributed by atoms with Gasteiger partial charge in [0, 0.05) is 21.1 Å². The Labute approximate surface area is 80.7 Å². The van der Waals surface area contributed by atoms with Gasteiger partial charge in [-0.15, -0.1) is 0 Å². The van der Waals surface area contributed by atoms with Crippen LogP contribution in [0.5, 0.6) is 0 Å². The SMILES string of the molecule is CN=c1nc(NC)c2[nH]cnc2n1C. The molecule has 0 atom stereocenters. The fourth-order valence-corrected chi connectivity index (χ4v) is 1.42. The fourth-order valence-electron chi connectivity index (χ4n) is 1.42. The van der Waals surface area contributed by atoms with Crippen LogP contribution in [0.1, 0.15) is 0 Å². The first-order valence-corrected chi connectivity index (χ1v) is 4.28. The molecule has 0 amide bonds. The lowest BCUT2D eigenvalue weighted by Gasteiger charge is -2.04. The summed E-state index contributed by atoms with van der Waals surface area (Å²) in [6.07, 6.45) is 1.65. The highest BCUT2D eigenvalue weighted by Gasteiger charge is 2.06. The van der Waals surface area contributed by atoms with E-state index in [2.05, 4.69) is 25.3 Å². The molecule has 0 radical (unpaired) electrons. The predicted octanol–water partition coefficient (Wildman–Crippen LogP) is -0.131. The Balaban J connectivity index is 2.95. The van der Waals surface area contributed by atoms with Crippen LogP contribution in [-0.2, 0) is 7.05 Å². The van der Waals surface area contributed by atoms with Gasteiger partial charge in [-0.2, -0.15) is 4.98 Å². The number of nitrogens with zero attached hydrogens (tertiary/aromatic N) is 4. The molecule has 0 aromatic carbocycles. The maximum Gasteiger partial charge on any atom is 0.227 e. The lowest BCUT2D eigenvalue weighted by atomic mass is 10.5. The first-order valence-electron chi connectivity index (χ1n) is 4.28. The van der Waals surface area contributed by atoms with E-state index in [1.165, 1.54) is 0 Å². The normalized spacial score (nSPS) is 12.4. The number of aromatic amines is 1. The second-order valence-electron chi connectivity index (χ2n) is 2.89. The fraction of sp³-hybridized carbons (Fsp3) is 0.375. The number of H-pyrrole nitrogens is 1. The molecular formula is C8H12N6. The van der Waals surface area contributed by atoms with Crippen LogP contribution in [0, 0.1) is 0 Å². The molecule has 74 valence electrons. The van der Waals surface area contributed by atoms with E-state index in [-0.39, 0.29) is 0 Å². The molecule has 0 unspecified atom stereocenters. The Morgan fingerprint density at radius 2 is 2.36 bits per heavy atom. The Morgan fingerprint density at radius 1 is 1.57 bits per heavy atom. The molecule has 0 aliphatic carbocycles. The molecule has 2 heterocycles. The molecule has 0 aliphatic heterocycles. The van der Waals surface area contributed by atoms with Crippen molar-refractivity contribution in [2.75, 3.05) is 19.4 Å². The zero-order chi connectivity index (χ0) is 10.1. The van der Waals surface area contributed by atoms with Crippen molar-refractivity contribution in [1.29, 1.82) is 0 Å². The van der Waals surface area contributed by atoms with Gasteiger partial charge in [-0.3, -0.25) is 9.56 Å². The topological polar surface area (TPSA) is 70.9 Å². The Bertz CT molecular complexity index is 520. The second kappa shape index (κ2) is 3.13. The van der Waals surface area contributed by atoms with Gasteiger partial charge in [0.1, 0.15) is 5.52 Å². The van der Waals surface area contributed by atoms with Gasteiger partial charge < -0.3 is 10.3 Å². The summed E-state index contributed by atoms with van der Waals surface area (Å²) in [4.78, 5) is 15.6. The van der Waals surface area contributed by atoms with Gasteiger partial charge >= 0.3 is 0 Å². The summed E-state index contributed by atoms with van der Waals surface area (Å²) in [7, 11) is 5.42. The minimum Gasteiger partial charge on any atom is -0.371 e. The average Bonchev–Trinajstić information content (AvgIpc) is 2.68. The largest absolute Gasteiger partial charge is 0.371 e. The van der Waals surface area contributed by atoms with Crippen LogP contribution >= 0.6 is 0 Å². The van der Waals surface area contributed by atoms with E-state index < -0.39 is 0 Å². The van der Waals surface area contributed by atoms with Crippen molar-refractivity contribution in [3.8, 4) is 0 Å². The maximum atomic E-state index is 4.32. The van der Waals surface area contributed by atoms with Crippen LogP contribution in [0.15, 0.2) is 11.3 Å². The van der Waals surface area contributed by atoms with Gasteiger partial charge in [0.25, 0.3) is 0 Å². The molecular weight excluding hydrogens is 180 g/mol. The number of rotatable bonds is 1. The third kappa shape index (κ3) is 1.07. The lowest BCUT2D eigenvalue weighted by Crippen LogP contribution is -2.23. The van der Waals surface area contributed by atoms with Crippen molar-refractivity contribution < 1.29 is 0 Å². The van der Waals surface area contributed by atoms with Gasteiger partial charge in [-0.05, 0) is 0 Å². The average molecular weight is 192 g/mol. The number of anilines is 1. The quantitative estimate of drug-likeness (QED) is 0.661. The van der Waals surface area contributed by atoms with Crippen LogP contribution < -0.4 is 10.9 Å². The number of hydrogen-bond donors (Lipinski definition) is 2.